The number of aliphatic carboxylic acids is 1. The fourth-order valence-corrected chi connectivity index (χ4v) is 1.60. The number of anilines is 1. The Labute approximate surface area is 82.6 Å². The highest BCUT2D eigenvalue weighted by atomic mass is 79.9. The van der Waals surface area contributed by atoms with E-state index in [0.29, 0.717) is 11.4 Å². The van der Waals surface area contributed by atoms with E-state index in [2.05, 4.69) is 21.2 Å². The monoisotopic (exact) mass is 243 g/mol. The second-order valence-corrected chi connectivity index (χ2v) is 3.45. The Morgan fingerprint density at radius 2 is 2.38 bits per heavy atom. The quantitative estimate of drug-likeness (QED) is 0.788. The molecular formula is C8H6BrNO3. The molecule has 1 aliphatic rings. The smallest absolute Gasteiger partial charge is 0.366 e. The van der Waals surface area contributed by atoms with Gasteiger partial charge in [0.15, 0.2) is 0 Å². The normalized spacial score (nSPS) is 18.7. The lowest BCUT2D eigenvalue weighted by Gasteiger charge is -2.03. The van der Waals surface area contributed by atoms with Crippen molar-refractivity contribution in [3.8, 4) is 5.75 Å². The molecule has 1 aromatic rings. The Morgan fingerprint density at radius 1 is 1.62 bits per heavy atom. The lowest BCUT2D eigenvalue weighted by Crippen LogP contribution is -2.30. The lowest BCUT2D eigenvalue weighted by atomic mass is 10.3. The van der Waals surface area contributed by atoms with E-state index >= 15 is 0 Å². The van der Waals surface area contributed by atoms with Gasteiger partial charge in [-0.1, -0.05) is 6.07 Å². The van der Waals surface area contributed by atoms with Crippen LogP contribution < -0.4 is 10.1 Å². The summed E-state index contributed by atoms with van der Waals surface area (Å²) in [7, 11) is 0. The molecule has 4 nitrogen and oxygen atoms in total. The van der Waals surface area contributed by atoms with Crippen LogP contribution in [0, 0.1) is 0 Å². The van der Waals surface area contributed by atoms with Crippen LogP contribution in [0.15, 0.2) is 22.7 Å². The molecule has 0 saturated carbocycles. The molecule has 1 aliphatic heterocycles. The largest absolute Gasteiger partial charge is 0.477 e. The second kappa shape index (κ2) is 2.92. The van der Waals surface area contributed by atoms with Gasteiger partial charge in [0.05, 0.1) is 5.69 Å². The van der Waals surface area contributed by atoms with Gasteiger partial charge < -0.3 is 15.2 Å². The molecule has 1 heterocycles. The summed E-state index contributed by atoms with van der Waals surface area (Å²) in [4.78, 5) is 10.6. The fourth-order valence-electron chi connectivity index (χ4n) is 1.14. The molecule has 1 unspecified atom stereocenters. The average molecular weight is 244 g/mol. The van der Waals surface area contributed by atoms with E-state index in [4.69, 9.17) is 9.84 Å². The van der Waals surface area contributed by atoms with Crippen LogP contribution in [-0.2, 0) is 4.79 Å². The molecule has 0 radical (unpaired) electrons. The minimum atomic E-state index is -1.02. The molecule has 1 aromatic carbocycles. The molecule has 0 bridgehead atoms. The van der Waals surface area contributed by atoms with Gasteiger partial charge in [0.1, 0.15) is 5.75 Å². The number of nitrogens with one attached hydrogen (secondary N) is 1. The van der Waals surface area contributed by atoms with E-state index in [9.17, 15) is 4.79 Å². The van der Waals surface area contributed by atoms with Crippen molar-refractivity contribution in [1.82, 2.24) is 0 Å². The van der Waals surface area contributed by atoms with Crippen LogP contribution in [0.2, 0.25) is 0 Å². The van der Waals surface area contributed by atoms with Crippen LogP contribution in [0.25, 0.3) is 0 Å². The Hall–Kier alpha value is -1.23. The van der Waals surface area contributed by atoms with Gasteiger partial charge in [0, 0.05) is 4.47 Å². The number of carboxylic acid groups (broad SMARTS) is 1. The SMILES string of the molecule is O=C(O)C1Nc2c(Br)cccc2O1. The maximum absolute atomic E-state index is 10.6. The van der Waals surface area contributed by atoms with Gasteiger partial charge >= 0.3 is 5.97 Å². The van der Waals surface area contributed by atoms with Gasteiger partial charge in [-0.25, -0.2) is 4.79 Å². The number of ether oxygens (including phenoxy) is 1. The summed E-state index contributed by atoms with van der Waals surface area (Å²) >= 11 is 3.29. The molecule has 0 spiro atoms. The van der Waals surface area contributed by atoms with Crippen molar-refractivity contribution in [1.29, 1.82) is 0 Å². The van der Waals surface area contributed by atoms with E-state index in [1.807, 2.05) is 6.07 Å². The predicted molar refractivity (Wildman–Crippen MR) is 49.8 cm³/mol. The van der Waals surface area contributed by atoms with Crippen molar-refractivity contribution >= 4 is 27.6 Å². The summed E-state index contributed by atoms with van der Waals surface area (Å²) in [6, 6.07) is 5.32. The molecule has 2 rings (SSSR count). The third kappa shape index (κ3) is 1.35. The number of para-hydroxylation sites is 1. The van der Waals surface area contributed by atoms with Gasteiger partial charge in [0.25, 0.3) is 6.23 Å². The first kappa shape index (κ1) is 8.37. The zero-order valence-corrected chi connectivity index (χ0v) is 8.04. The Kier molecular flexibility index (Phi) is 1.88. The van der Waals surface area contributed by atoms with Crippen LogP contribution in [-0.4, -0.2) is 17.3 Å². The number of fused-ring (bicyclic) bond motifs is 1. The number of carbonyl (C=O) groups is 1. The number of rotatable bonds is 1. The standard InChI is InChI=1S/C8H6BrNO3/c9-4-2-1-3-5-6(4)10-7(13-5)8(11)12/h1-3,7,10H,(H,11,12). The van der Waals surface area contributed by atoms with Crippen molar-refractivity contribution in [2.24, 2.45) is 0 Å². The first-order valence-electron chi connectivity index (χ1n) is 3.63. The van der Waals surface area contributed by atoms with Gasteiger partial charge in [-0.15, -0.1) is 0 Å². The topological polar surface area (TPSA) is 58.6 Å². The van der Waals surface area contributed by atoms with Crippen LogP contribution >= 0.6 is 15.9 Å². The average Bonchev–Trinajstić information content (AvgIpc) is 2.49. The van der Waals surface area contributed by atoms with Crippen molar-refractivity contribution < 1.29 is 14.6 Å². The molecule has 2 N–H and O–H groups in total. The van der Waals surface area contributed by atoms with E-state index in [1.54, 1.807) is 12.1 Å². The van der Waals surface area contributed by atoms with E-state index in [1.165, 1.54) is 0 Å². The van der Waals surface area contributed by atoms with Crippen molar-refractivity contribution in [3.63, 3.8) is 0 Å². The molecular weight excluding hydrogens is 238 g/mol. The highest BCUT2D eigenvalue weighted by Gasteiger charge is 2.28. The minimum Gasteiger partial charge on any atom is -0.477 e. The summed E-state index contributed by atoms with van der Waals surface area (Å²) in [6.07, 6.45) is -0.978. The zero-order chi connectivity index (χ0) is 9.42. The summed E-state index contributed by atoms with van der Waals surface area (Å²) in [5, 5.41) is 11.4. The number of carboxylic acids is 1. The third-order valence-corrected chi connectivity index (χ3v) is 2.38. The molecule has 68 valence electrons. The number of benzene rings is 1. The maximum atomic E-state index is 10.6. The summed E-state index contributed by atoms with van der Waals surface area (Å²) in [6.45, 7) is 0. The third-order valence-electron chi connectivity index (χ3n) is 1.72. The molecule has 1 atom stereocenters. The Bertz CT molecular complexity index is 366. The van der Waals surface area contributed by atoms with Gasteiger partial charge in [-0.3, -0.25) is 0 Å². The number of halogens is 1. The maximum Gasteiger partial charge on any atom is 0.366 e. The van der Waals surface area contributed by atoms with Gasteiger partial charge in [-0.2, -0.15) is 0 Å². The van der Waals surface area contributed by atoms with Crippen LogP contribution in [0.3, 0.4) is 0 Å². The summed E-state index contributed by atoms with van der Waals surface area (Å²) in [5.74, 6) is -0.468. The van der Waals surface area contributed by atoms with Crippen molar-refractivity contribution in [2.45, 2.75) is 6.23 Å². The van der Waals surface area contributed by atoms with Crippen molar-refractivity contribution in [3.05, 3.63) is 22.7 Å². The molecule has 0 aliphatic carbocycles. The first-order chi connectivity index (χ1) is 6.18. The van der Waals surface area contributed by atoms with Crippen LogP contribution in [0.4, 0.5) is 5.69 Å². The summed E-state index contributed by atoms with van der Waals surface area (Å²) in [5.41, 5.74) is 0.690. The van der Waals surface area contributed by atoms with Crippen LogP contribution in [0.5, 0.6) is 5.75 Å². The number of hydrogen-bond donors (Lipinski definition) is 2. The molecule has 0 fully saturated rings. The highest BCUT2D eigenvalue weighted by molar-refractivity contribution is 9.10. The van der Waals surface area contributed by atoms with Gasteiger partial charge in [-0.05, 0) is 28.1 Å². The van der Waals surface area contributed by atoms with Crippen LogP contribution in [0.1, 0.15) is 0 Å². The Morgan fingerprint density at radius 3 is 3.00 bits per heavy atom. The van der Waals surface area contributed by atoms with Crippen molar-refractivity contribution in [2.75, 3.05) is 5.32 Å². The minimum absolute atomic E-state index is 0.557. The second-order valence-electron chi connectivity index (χ2n) is 2.59. The predicted octanol–water partition coefficient (Wildman–Crippen LogP) is 1.66. The lowest BCUT2D eigenvalue weighted by molar-refractivity contribution is -0.143. The highest BCUT2D eigenvalue weighted by Crippen LogP contribution is 2.37. The number of hydrogen-bond acceptors (Lipinski definition) is 3. The molecule has 0 amide bonds. The first-order valence-corrected chi connectivity index (χ1v) is 4.42. The Balaban J connectivity index is 2.35. The molecule has 0 aromatic heterocycles. The van der Waals surface area contributed by atoms with E-state index in [-0.39, 0.29) is 0 Å². The summed E-state index contributed by atoms with van der Waals surface area (Å²) < 4.78 is 5.91. The van der Waals surface area contributed by atoms with E-state index < -0.39 is 12.2 Å². The van der Waals surface area contributed by atoms with E-state index in [0.717, 1.165) is 4.47 Å². The zero-order valence-electron chi connectivity index (χ0n) is 6.45. The molecule has 5 heteroatoms. The fraction of sp³-hybridized carbons (Fsp3) is 0.125. The molecule has 13 heavy (non-hydrogen) atoms. The molecule has 0 saturated heterocycles. The van der Waals surface area contributed by atoms with Gasteiger partial charge in [0.2, 0.25) is 0 Å².